The van der Waals surface area contributed by atoms with Crippen molar-refractivity contribution in [2.24, 2.45) is 0 Å². The van der Waals surface area contributed by atoms with Crippen molar-refractivity contribution in [1.82, 2.24) is 24.8 Å². The molecular weight excluding hydrogens is 494 g/mol. The first-order chi connectivity index (χ1) is 19.1. The Hall–Kier alpha value is -4.96. The van der Waals surface area contributed by atoms with Crippen molar-refractivity contribution in [1.29, 1.82) is 0 Å². The van der Waals surface area contributed by atoms with Gasteiger partial charge in [0.1, 0.15) is 11.3 Å². The minimum atomic E-state index is -1.07. The summed E-state index contributed by atoms with van der Waals surface area (Å²) < 4.78 is 7.48. The Morgan fingerprint density at radius 3 is 2.56 bits per heavy atom. The molecule has 2 aromatic carbocycles. The number of nitrogens with zero attached hydrogens (tertiary/aromatic N) is 5. The zero-order valence-corrected chi connectivity index (χ0v) is 21.1. The zero-order chi connectivity index (χ0) is 26.8. The Bertz CT molecular complexity index is 1640. The van der Waals surface area contributed by atoms with Gasteiger partial charge in [0.2, 0.25) is 0 Å². The summed E-state index contributed by atoms with van der Waals surface area (Å²) in [5, 5.41) is 11.3. The number of imidazole rings is 1. The molecule has 3 aromatic heterocycles. The highest BCUT2D eigenvalue weighted by Crippen LogP contribution is 2.32. The molecule has 0 unspecified atom stereocenters. The number of carbonyl (C=O) groups is 1. The van der Waals surface area contributed by atoms with Crippen molar-refractivity contribution in [3.05, 3.63) is 84.6 Å². The third kappa shape index (κ3) is 4.97. The van der Waals surface area contributed by atoms with Crippen LogP contribution in [0.2, 0.25) is 0 Å². The van der Waals surface area contributed by atoms with E-state index in [0.717, 1.165) is 60.0 Å². The highest BCUT2D eigenvalue weighted by Gasteiger charge is 2.19. The van der Waals surface area contributed by atoms with Crippen molar-refractivity contribution in [3.8, 4) is 28.3 Å². The average Bonchev–Trinajstić information content (AvgIpc) is 3.35. The van der Waals surface area contributed by atoms with E-state index < -0.39 is 6.09 Å². The molecule has 4 heterocycles. The maximum Gasteiger partial charge on any atom is 0.404 e. The number of hydrogen-bond acceptors (Lipinski definition) is 7. The Balaban J connectivity index is 1.46. The molecular formula is C29H27N7O3. The van der Waals surface area contributed by atoms with Gasteiger partial charge in [0.05, 0.1) is 24.5 Å². The molecule has 6 rings (SSSR count). The van der Waals surface area contributed by atoms with Crippen molar-refractivity contribution >= 4 is 28.8 Å². The Kier molecular flexibility index (Phi) is 6.52. The number of pyridine rings is 2. The SMILES string of the molecule is Nc1ncccc1-c1nc2ccc(-c3cccc(N4CCOCC4)c3)nc2n1-c1ccc(CNC(=O)O)cc1. The molecule has 1 aliphatic rings. The summed E-state index contributed by atoms with van der Waals surface area (Å²) in [7, 11) is 0. The van der Waals surface area contributed by atoms with Gasteiger partial charge in [-0.3, -0.25) is 4.57 Å². The van der Waals surface area contributed by atoms with Crippen LogP contribution < -0.4 is 16.0 Å². The first kappa shape index (κ1) is 24.4. The molecule has 0 atom stereocenters. The Morgan fingerprint density at radius 2 is 1.79 bits per heavy atom. The summed E-state index contributed by atoms with van der Waals surface area (Å²) in [5.74, 6) is 0.994. The van der Waals surface area contributed by atoms with E-state index in [1.807, 2.05) is 53.1 Å². The summed E-state index contributed by atoms with van der Waals surface area (Å²) in [6.45, 7) is 3.37. The molecule has 0 radical (unpaired) electrons. The first-order valence-corrected chi connectivity index (χ1v) is 12.7. The summed E-state index contributed by atoms with van der Waals surface area (Å²) in [4.78, 5) is 27.5. The van der Waals surface area contributed by atoms with E-state index in [4.69, 9.17) is 25.5 Å². The van der Waals surface area contributed by atoms with Crippen LogP contribution in [0, 0.1) is 0 Å². The molecule has 10 nitrogen and oxygen atoms in total. The number of ether oxygens (including phenoxy) is 1. The Labute approximate surface area is 224 Å². The normalized spacial score (nSPS) is 13.5. The second-order valence-corrected chi connectivity index (χ2v) is 9.22. The fourth-order valence-corrected chi connectivity index (χ4v) is 4.77. The number of nitrogens with one attached hydrogen (secondary N) is 1. The minimum absolute atomic E-state index is 0.213. The quantitative estimate of drug-likeness (QED) is 0.301. The lowest BCUT2D eigenvalue weighted by Gasteiger charge is -2.29. The van der Waals surface area contributed by atoms with E-state index in [1.54, 1.807) is 6.20 Å². The summed E-state index contributed by atoms with van der Waals surface area (Å²) >= 11 is 0. The zero-order valence-electron chi connectivity index (χ0n) is 21.1. The number of carboxylic acid groups (broad SMARTS) is 1. The molecule has 4 N–H and O–H groups in total. The molecule has 0 bridgehead atoms. The van der Waals surface area contributed by atoms with Crippen LogP contribution in [0.25, 0.3) is 39.5 Å². The number of aromatic nitrogens is 4. The number of benzene rings is 2. The van der Waals surface area contributed by atoms with Crippen LogP contribution in [0.1, 0.15) is 5.56 Å². The summed E-state index contributed by atoms with van der Waals surface area (Å²) in [6, 6.07) is 23.6. The number of fused-ring (bicyclic) bond motifs is 1. The number of rotatable bonds is 6. The number of nitrogens with two attached hydrogens (primary N) is 1. The highest BCUT2D eigenvalue weighted by molar-refractivity contribution is 5.84. The summed E-state index contributed by atoms with van der Waals surface area (Å²) in [5.41, 5.74) is 13.0. The molecule has 39 heavy (non-hydrogen) atoms. The second kappa shape index (κ2) is 10.4. The lowest BCUT2D eigenvalue weighted by atomic mass is 10.1. The van der Waals surface area contributed by atoms with Gasteiger partial charge in [0.25, 0.3) is 0 Å². The van der Waals surface area contributed by atoms with E-state index in [0.29, 0.717) is 22.9 Å². The van der Waals surface area contributed by atoms with Crippen LogP contribution in [-0.2, 0) is 11.3 Å². The predicted molar refractivity (Wildman–Crippen MR) is 150 cm³/mol. The Morgan fingerprint density at radius 1 is 0.974 bits per heavy atom. The largest absolute Gasteiger partial charge is 0.465 e. The van der Waals surface area contributed by atoms with Crippen LogP contribution in [0.5, 0.6) is 0 Å². The topological polar surface area (TPSA) is 131 Å². The highest BCUT2D eigenvalue weighted by atomic mass is 16.5. The van der Waals surface area contributed by atoms with E-state index >= 15 is 0 Å². The van der Waals surface area contributed by atoms with E-state index in [2.05, 4.69) is 39.5 Å². The number of amides is 1. The fraction of sp³-hybridized carbons (Fsp3) is 0.172. The lowest BCUT2D eigenvalue weighted by Crippen LogP contribution is -2.36. The third-order valence-corrected chi connectivity index (χ3v) is 6.74. The van der Waals surface area contributed by atoms with Gasteiger partial charge in [-0.15, -0.1) is 0 Å². The van der Waals surface area contributed by atoms with Gasteiger partial charge in [-0.25, -0.2) is 19.7 Å². The number of morpholine rings is 1. The van der Waals surface area contributed by atoms with Gasteiger partial charge in [0, 0.05) is 42.8 Å². The molecule has 0 aliphatic carbocycles. The van der Waals surface area contributed by atoms with Crippen molar-refractivity contribution in [2.45, 2.75) is 6.54 Å². The molecule has 1 aliphatic heterocycles. The maximum absolute atomic E-state index is 10.9. The van der Waals surface area contributed by atoms with Crippen molar-refractivity contribution in [2.75, 3.05) is 36.9 Å². The molecule has 0 spiro atoms. The summed E-state index contributed by atoms with van der Waals surface area (Å²) in [6.07, 6.45) is 0.580. The van der Waals surface area contributed by atoms with Crippen LogP contribution in [-0.4, -0.2) is 57.0 Å². The van der Waals surface area contributed by atoms with Crippen LogP contribution in [0.3, 0.4) is 0 Å². The second-order valence-electron chi connectivity index (χ2n) is 9.22. The van der Waals surface area contributed by atoms with Crippen LogP contribution in [0.15, 0.2) is 79.0 Å². The van der Waals surface area contributed by atoms with Gasteiger partial charge in [0.15, 0.2) is 11.5 Å². The molecule has 196 valence electrons. The number of hydrogen-bond donors (Lipinski definition) is 3. The average molecular weight is 522 g/mol. The third-order valence-electron chi connectivity index (χ3n) is 6.74. The van der Waals surface area contributed by atoms with Crippen LogP contribution in [0.4, 0.5) is 16.3 Å². The molecule has 1 amide bonds. The maximum atomic E-state index is 10.9. The van der Waals surface area contributed by atoms with Crippen molar-refractivity contribution in [3.63, 3.8) is 0 Å². The fourth-order valence-electron chi connectivity index (χ4n) is 4.77. The van der Waals surface area contributed by atoms with Gasteiger partial charge in [-0.05, 0) is 54.1 Å². The van der Waals surface area contributed by atoms with Gasteiger partial charge in [-0.2, -0.15) is 0 Å². The molecule has 1 fully saturated rings. The number of nitrogen functional groups attached to an aromatic ring is 1. The molecule has 0 saturated carbocycles. The molecule has 1 saturated heterocycles. The minimum Gasteiger partial charge on any atom is -0.465 e. The smallest absolute Gasteiger partial charge is 0.404 e. The van der Waals surface area contributed by atoms with Crippen LogP contribution >= 0.6 is 0 Å². The standard InChI is InChI=1S/C29H27N7O3/c30-26-23(5-2-12-31-26)27-34-25-11-10-24(20-3-1-4-22(17-20)35-13-15-39-16-14-35)33-28(25)36(27)21-8-6-19(7-9-21)18-32-29(37)38/h1-12,17,32H,13-16,18H2,(H2,30,31)(H,37,38). The number of anilines is 2. The lowest BCUT2D eigenvalue weighted by molar-refractivity contribution is 0.122. The van der Waals surface area contributed by atoms with Gasteiger partial charge < -0.3 is 25.8 Å². The van der Waals surface area contributed by atoms with E-state index in [-0.39, 0.29) is 6.54 Å². The van der Waals surface area contributed by atoms with Gasteiger partial charge in [-0.1, -0.05) is 24.3 Å². The van der Waals surface area contributed by atoms with Gasteiger partial charge >= 0.3 is 6.09 Å². The monoisotopic (exact) mass is 521 g/mol. The molecule has 5 aromatic rings. The predicted octanol–water partition coefficient (Wildman–Crippen LogP) is 4.34. The first-order valence-electron chi connectivity index (χ1n) is 12.7. The molecule has 10 heteroatoms. The van der Waals surface area contributed by atoms with E-state index in [1.165, 1.54) is 0 Å². The van der Waals surface area contributed by atoms with Crippen molar-refractivity contribution < 1.29 is 14.6 Å². The van der Waals surface area contributed by atoms with E-state index in [9.17, 15) is 4.79 Å².